The lowest BCUT2D eigenvalue weighted by Gasteiger charge is -2.39. The van der Waals surface area contributed by atoms with Crippen LogP contribution < -0.4 is 5.32 Å². The van der Waals surface area contributed by atoms with E-state index in [0.29, 0.717) is 40.4 Å². The molecule has 230 valence electrons. The van der Waals surface area contributed by atoms with E-state index >= 15 is 4.39 Å². The molecule has 1 saturated heterocycles. The van der Waals surface area contributed by atoms with Crippen molar-refractivity contribution < 1.29 is 23.5 Å². The van der Waals surface area contributed by atoms with E-state index in [4.69, 9.17) is 21.1 Å². The summed E-state index contributed by atoms with van der Waals surface area (Å²) in [7, 11) is 0. The third kappa shape index (κ3) is 6.40. The number of rotatable bonds is 5. The maximum Gasteiger partial charge on any atom is 0.413 e. The molecule has 2 aromatic carbocycles. The maximum absolute atomic E-state index is 15.2. The fourth-order valence-electron chi connectivity index (χ4n) is 6.03. The van der Waals surface area contributed by atoms with E-state index in [0.717, 1.165) is 24.8 Å². The molecule has 0 radical (unpaired) electrons. The second-order valence-corrected chi connectivity index (χ2v) is 13.4. The highest BCUT2D eigenvalue weighted by Gasteiger charge is 2.47. The van der Waals surface area contributed by atoms with E-state index in [9.17, 15) is 9.59 Å². The van der Waals surface area contributed by atoms with Gasteiger partial charge in [0.1, 0.15) is 28.9 Å². The number of carbonyl (C=O) groups is 2. The van der Waals surface area contributed by atoms with E-state index in [1.165, 1.54) is 15.6 Å². The Kier molecular flexibility index (Phi) is 8.30. The smallest absolute Gasteiger partial charge is 0.413 e. The van der Waals surface area contributed by atoms with Gasteiger partial charge in [-0.3, -0.25) is 9.69 Å². The highest BCUT2D eigenvalue weighted by molar-refractivity contribution is 6.30. The lowest BCUT2D eigenvalue weighted by molar-refractivity contribution is -0.0627. The van der Waals surface area contributed by atoms with Gasteiger partial charge in [0.05, 0.1) is 29.6 Å². The monoisotopic (exact) mass is 611 g/mol. The summed E-state index contributed by atoms with van der Waals surface area (Å²) >= 11 is 6.05. The normalized spacial score (nSPS) is 19.7. The number of carbonyl (C=O) groups excluding carboxylic acids is 2. The number of ether oxygens (including phenoxy) is 2. The third-order valence-electron chi connectivity index (χ3n) is 8.08. The molecule has 2 heterocycles. The van der Waals surface area contributed by atoms with Crippen LogP contribution in [0.15, 0.2) is 42.6 Å². The minimum absolute atomic E-state index is 0.210. The fourth-order valence-corrected chi connectivity index (χ4v) is 6.19. The molecule has 2 aliphatic rings. The highest BCUT2D eigenvalue weighted by atomic mass is 35.5. The SMILES string of the molecule is Cc1ccc(C(=O)NC2(c3ccc(Cl)cc3F)CCCCC2)c(-n2cc(C3COC(C)(C)N3C(=O)OC(C)(C)C)nn2)c1. The Morgan fingerprint density at radius 2 is 1.84 bits per heavy atom. The molecule has 1 aliphatic heterocycles. The molecule has 2 fully saturated rings. The highest BCUT2D eigenvalue weighted by Crippen LogP contribution is 2.40. The second kappa shape index (κ2) is 11.5. The average molecular weight is 612 g/mol. The van der Waals surface area contributed by atoms with Crippen molar-refractivity contribution in [1.29, 1.82) is 0 Å². The molecule has 9 nitrogen and oxygen atoms in total. The van der Waals surface area contributed by atoms with Crippen molar-refractivity contribution in [3.8, 4) is 5.69 Å². The van der Waals surface area contributed by atoms with Gasteiger partial charge in [-0.15, -0.1) is 5.10 Å². The second-order valence-electron chi connectivity index (χ2n) is 13.0. The Morgan fingerprint density at radius 1 is 1.12 bits per heavy atom. The summed E-state index contributed by atoms with van der Waals surface area (Å²) in [6.07, 6.45) is 5.17. The molecule has 1 saturated carbocycles. The zero-order valence-electron chi connectivity index (χ0n) is 25.5. The lowest BCUT2D eigenvalue weighted by atomic mass is 9.76. The van der Waals surface area contributed by atoms with E-state index < -0.39 is 34.8 Å². The molecule has 0 bridgehead atoms. The Hall–Kier alpha value is -3.50. The number of aryl methyl sites for hydroxylation is 1. The molecule has 43 heavy (non-hydrogen) atoms. The van der Waals surface area contributed by atoms with Crippen molar-refractivity contribution in [1.82, 2.24) is 25.2 Å². The first-order chi connectivity index (χ1) is 20.2. The molecular weight excluding hydrogens is 573 g/mol. The van der Waals surface area contributed by atoms with Gasteiger partial charge in [0, 0.05) is 10.6 Å². The standard InChI is InChI=1S/C32H39ClFN5O4/c1-20-10-12-22(28(40)35-32(14-8-7-9-15-32)23-13-11-21(33)17-24(23)34)26(16-20)38-18-25(36-37-38)27-19-42-31(5,6)39(27)29(41)43-30(2,3)4/h10-13,16-18,27H,7-9,14-15,19H2,1-6H3,(H,35,40). The first-order valence-corrected chi connectivity index (χ1v) is 15.0. The zero-order chi connectivity index (χ0) is 31.2. The predicted octanol–water partition coefficient (Wildman–Crippen LogP) is 7.00. The molecule has 1 atom stereocenters. The molecule has 1 N–H and O–H groups in total. The minimum atomic E-state index is -0.920. The predicted molar refractivity (Wildman–Crippen MR) is 161 cm³/mol. The number of nitrogens with zero attached hydrogens (tertiary/aromatic N) is 4. The molecule has 1 aliphatic carbocycles. The number of hydrogen-bond donors (Lipinski definition) is 1. The molecule has 5 rings (SSSR count). The zero-order valence-corrected chi connectivity index (χ0v) is 26.3. The first kappa shape index (κ1) is 30.9. The number of hydrogen-bond acceptors (Lipinski definition) is 6. The molecule has 11 heteroatoms. The first-order valence-electron chi connectivity index (χ1n) is 14.7. The van der Waals surface area contributed by atoms with E-state index in [1.54, 1.807) is 38.2 Å². The van der Waals surface area contributed by atoms with Crippen LogP contribution >= 0.6 is 11.6 Å². The van der Waals surface area contributed by atoms with Gasteiger partial charge in [-0.2, -0.15) is 0 Å². The van der Waals surface area contributed by atoms with Gasteiger partial charge in [0.15, 0.2) is 0 Å². The van der Waals surface area contributed by atoms with E-state index in [2.05, 4.69) is 15.6 Å². The quantitative estimate of drug-likeness (QED) is 0.333. The van der Waals surface area contributed by atoms with Crippen molar-refractivity contribution in [3.05, 3.63) is 75.8 Å². The Balaban J connectivity index is 1.47. The topological polar surface area (TPSA) is 98.6 Å². The molecule has 1 aromatic heterocycles. The molecule has 1 unspecified atom stereocenters. The maximum atomic E-state index is 15.2. The average Bonchev–Trinajstić information content (AvgIpc) is 3.52. The van der Waals surface area contributed by atoms with Gasteiger partial charge in [-0.1, -0.05) is 48.2 Å². The largest absolute Gasteiger partial charge is 0.444 e. The summed E-state index contributed by atoms with van der Waals surface area (Å²) in [5, 5.41) is 12.2. The van der Waals surface area contributed by atoms with Crippen molar-refractivity contribution in [2.24, 2.45) is 0 Å². The Labute approximate surface area is 256 Å². The minimum Gasteiger partial charge on any atom is -0.444 e. The summed E-state index contributed by atoms with van der Waals surface area (Å²) in [6.45, 7) is 11.2. The van der Waals surface area contributed by atoms with Gasteiger partial charge in [-0.25, -0.2) is 13.9 Å². The van der Waals surface area contributed by atoms with E-state index in [1.807, 2.05) is 39.8 Å². The van der Waals surface area contributed by atoms with Crippen molar-refractivity contribution >= 4 is 23.6 Å². The van der Waals surface area contributed by atoms with Gasteiger partial charge < -0.3 is 14.8 Å². The van der Waals surface area contributed by atoms with E-state index in [-0.39, 0.29) is 12.5 Å². The van der Waals surface area contributed by atoms with Crippen molar-refractivity contribution in [3.63, 3.8) is 0 Å². The van der Waals surface area contributed by atoms with Gasteiger partial charge >= 0.3 is 6.09 Å². The Morgan fingerprint density at radius 3 is 2.51 bits per heavy atom. The number of aromatic nitrogens is 3. The summed E-state index contributed by atoms with van der Waals surface area (Å²) in [4.78, 5) is 28.7. The summed E-state index contributed by atoms with van der Waals surface area (Å²) in [5.41, 5.74) is 0.266. The fraction of sp³-hybridized carbons (Fsp3) is 0.500. The Bertz CT molecular complexity index is 1530. The summed E-state index contributed by atoms with van der Waals surface area (Å²) in [6, 6.07) is 9.52. The molecule has 2 amide bonds. The van der Waals surface area contributed by atoms with Gasteiger partial charge in [-0.05, 0) is 84.2 Å². The van der Waals surface area contributed by atoms with Crippen LogP contribution in [-0.2, 0) is 15.0 Å². The van der Waals surface area contributed by atoms with Crippen LogP contribution in [0, 0.1) is 12.7 Å². The number of benzene rings is 2. The van der Waals surface area contributed by atoms with Crippen LogP contribution in [-0.4, -0.2) is 49.8 Å². The van der Waals surface area contributed by atoms with Crippen LogP contribution in [0.1, 0.15) is 99.9 Å². The summed E-state index contributed by atoms with van der Waals surface area (Å²) in [5.74, 6) is -0.778. The van der Waals surface area contributed by atoms with Crippen LogP contribution in [0.25, 0.3) is 5.69 Å². The van der Waals surface area contributed by atoms with Crippen molar-refractivity contribution in [2.45, 2.75) is 96.6 Å². The van der Waals surface area contributed by atoms with Gasteiger partial charge in [0.25, 0.3) is 5.91 Å². The number of amides is 2. The van der Waals surface area contributed by atoms with Crippen LogP contribution in [0.3, 0.4) is 0 Å². The molecule has 3 aromatic rings. The molecule has 0 spiro atoms. The summed E-state index contributed by atoms with van der Waals surface area (Å²) < 4.78 is 28.4. The van der Waals surface area contributed by atoms with Crippen molar-refractivity contribution in [2.75, 3.05) is 6.61 Å². The third-order valence-corrected chi connectivity index (χ3v) is 8.32. The number of halogens is 2. The van der Waals surface area contributed by atoms with Crippen LogP contribution in [0.2, 0.25) is 5.02 Å². The van der Waals surface area contributed by atoms with Crippen LogP contribution in [0.5, 0.6) is 0 Å². The van der Waals surface area contributed by atoms with Crippen LogP contribution in [0.4, 0.5) is 9.18 Å². The lowest BCUT2D eigenvalue weighted by Crippen LogP contribution is -2.48. The van der Waals surface area contributed by atoms with Gasteiger partial charge in [0.2, 0.25) is 0 Å². The molecular formula is C32H39ClFN5O4. The number of nitrogens with one attached hydrogen (secondary N) is 1.